The highest BCUT2D eigenvalue weighted by Gasteiger charge is 2.27. The predicted octanol–water partition coefficient (Wildman–Crippen LogP) is 4.28. The maximum Gasteiger partial charge on any atom is 0.264 e. The van der Waals surface area contributed by atoms with E-state index in [-0.39, 0.29) is 15.6 Å². The largest absolute Gasteiger partial charge is 0.325 e. The van der Waals surface area contributed by atoms with Gasteiger partial charge in [-0.1, -0.05) is 43.3 Å². The standard InChI is InChI=1S/C27H26N4O5S2/c1-2-21-11-15-23(16-12-21)31(38(35,36)25-8-4-3-5-9-25)20-27(32)29-22-13-17-24(18-14-22)37(33,34)30-26-10-6-7-19-28-26/h3-19H,2,20H2,1H3,(H,28,30)(H,29,32). The van der Waals surface area contributed by atoms with E-state index < -0.39 is 32.5 Å². The molecule has 0 bridgehead atoms. The van der Waals surface area contributed by atoms with Crippen molar-refractivity contribution in [3.05, 3.63) is 109 Å². The molecule has 0 saturated heterocycles. The van der Waals surface area contributed by atoms with Crippen molar-refractivity contribution in [3.63, 3.8) is 0 Å². The second-order valence-electron chi connectivity index (χ2n) is 8.24. The summed E-state index contributed by atoms with van der Waals surface area (Å²) in [6.07, 6.45) is 2.26. The molecule has 0 spiro atoms. The van der Waals surface area contributed by atoms with E-state index in [0.717, 1.165) is 16.3 Å². The first-order chi connectivity index (χ1) is 18.2. The summed E-state index contributed by atoms with van der Waals surface area (Å²) in [6, 6.07) is 25.2. The van der Waals surface area contributed by atoms with Gasteiger partial charge in [-0.3, -0.25) is 13.8 Å². The first-order valence-corrected chi connectivity index (χ1v) is 14.6. The van der Waals surface area contributed by atoms with Gasteiger partial charge in [-0.25, -0.2) is 21.8 Å². The summed E-state index contributed by atoms with van der Waals surface area (Å²) in [4.78, 5) is 16.9. The van der Waals surface area contributed by atoms with Crippen molar-refractivity contribution in [1.82, 2.24) is 4.98 Å². The highest BCUT2D eigenvalue weighted by Crippen LogP contribution is 2.25. The second kappa shape index (κ2) is 11.4. The minimum Gasteiger partial charge on any atom is -0.325 e. The van der Waals surface area contributed by atoms with Crippen LogP contribution in [0.25, 0.3) is 0 Å². The fourth-order valence-electron chi connectivity index (χ4n) is 3.60. The molecule has 1 aromatic heterocycles. The average molecular weight is 551 g/mol. The van der Waals surface area contributed by atoms with Crippen molar-refractivity contribution in [1.29, 1.82) is 0 Å². The van der Waals surface area contributed by atoms with E-state index in [1.54, 1.807) is 42.5 Å². The van der Waals surface area contributed by atoms with Gasteiger partial charge in [0.25, 0.3) is 20.0 Å². The van der Waals surface area contributed by atoms with Crippen molar-refractivity contribution < 1.29 is 21.6 Å². The van der Waals surface area contributed by atoms with Crippen LogP contribution in [0.2, 0.25) is 0 Å². The summed E-state index contributed by atoms with van der Waals surface area (Å²) in [6.45, 7) is 1.51. The summed E-state index contributed by atoms with van der Waals surface area (Å²) in [5, 5.41) is 2.64. The van der Waals surface area contributed by atoms with Crippen LogP contribution in [0.4, 0.5) is 17.2 Å². The molecule has 0 atom stereocenters. The van der Waals surface area contributed by atoms with Gasteiger partial charge in [0.05, 0.1) is 15.5 Å². The van der Waals surface area contributed by atoms with E-state index in [0.29, 0.717) is 11.4 Å². The number of carbonyl (C=O) groups is 1. The molecule has 9 nitrogen and oxygen atoms in total. The Morgan fingerprint density at radius 2 is 1.45 bits per heavy atom. The molecule has 3 aromatic carbocycles. The molecule has 0 aliphatic rings. The normalized spacial score (nSPS) is 11.5. The van der Waals surface area contributed by atoms with Crippen LogP contribution in [-0.4, -0.2) is 34.3 Å². The molecule has 0 saturated carbocycles. The van der Waals surface area contributed by atoms with Crippen LogP contribution in [0, 0.1) is 0 Å². The molecule has 196 valence electrons. The van der Waals surface area contributed by atoms with Crippen LogP contribution in [-0.2, 0) is 31.3 Å². The monoisotopic (exact) mass is 550 g/mol. The zero-order chi connectivity index (χ0) is 27.2. The van der Waals surface area contributed by atoms with Crippen molar-refractivity contribution in [2.45, 2.75) is 23.1 Å². The smallest absolute Gasteiger partial charge is 0.264 e. The number of nitrogens with one attached hydrogen (secondary N) is 2. The third-order valence-corrected chi connectivity index (χ3v) is 8.76. The third kappa shape index (κ3) is 6.36. The van der Waals surface area contributed by atoms with Gasteiger partial charge in [-0.2, -0.15) is 0 Å². The molecule has 38 heavy (non-hydrogen) atoms. The predicted molar refractivity (Wildman–Crippen MR) is 147 cm³/mol. The Bertz CT molecular complexity index is 1590. The number of amides is 1. The van der Waals surface area contributed by atoms with Gasteiger partial charge in [0.15, 0.2) is 0 Å². The molecule has 1 heterocycles. The van der Waals surface area contributed by atoms with Gasteiger partial charge < -0.3 is 5.32 Å². The molecule has 4 rings (SSSR count). The van der Waals surface area contributed by atoms with Crippen LogP contribution >= 0.6 is 0 Å². The Morgan fingerprint density at radius 1 is 0.789 bits per heavy atom. The number of pyridine rings is 1. The number of aryl methyl sites for hydroxylation is 1. The summed E-state index contributed by atoms with van der Waals surface area (Å²) in [5.41, 5.74) is 1.69. The molecule has 11 heteroatoms. The van der Waals surface area contributed by atoms with E-state index in [1.165, 1.54) is 48.7 Å². The lowest BCUT2D eigenvalue weighted by Gasteiger charge is -2.24. The summed E-state index contributed by atoms with van der Waals surface area (Å²) in [7, 11) is -7.92. The summed E-state index contributed by atoms with van der Waals surface area (Å²) >= 11 is 0. The second-order valence-corrected chi connectivity index (χ2v) is 11.8. The van der Waals surface area contributed by atoms with Gasteiger partial charge in [0.1, 0.15) is 12.4 Å². The van der Waals surface area contributed by atoms with Crippen LogP contribution in [0.15, 0.2) is 113 Å². The van der Waals surface area contributed by atoms with E-state index in [2.05, 4.69) is 15.0 Å². The van der Waals surface area contributed by atoms with E-state index >= 15 is 0 Å². The van der Waals surface area contributed by atoms with Crippen LogP contribution < -0.4 is 14.3 Å². The summed E-state index contributed by atoms with van der Waals surface area (Å²) in [5.74, 6) is -0.414. The Balaban J connectivity index is 1.53. The van der Waals surface area contributed by atoms with Crippen LogP contribution in [0.3, 0.4) is 0 Å². The highest BCUT2D eigenvalue weighted by atomic mass is 32.2. The Hall–Kier alpha value is -4.22. The Morgan fingerprint density at radius 3 is 2.05 bits per heavy atom. The number of rotatable bonds is 10. The zero-order valence-electron chi connectivity index (χ0n) is 20.5. The van der Waals surface area contributed by atoms with Crippen molar-refractivity contribution in [2.24, 2.45) is 0 Å². The molecule has 0 aliphatic heterocycles. The van der Waals surface area contributed by atoms with E-state index in [9.17, 15) is 21.6 Å². The van der Waals surface area contributed by atoms with Crippen molar-refractivity contribution in [3.8, 4) is 0 Å². The lowest BCUT2D eigenvalue weighted by Crippen LogP contribution is -2.38. The SMILES string of the molecule is CCc1ccc(N(CC(=O)Nc2ccc(S(=O)(=O)Nc3ccccn3)cc2)S(=O)(=O)c2ccccc2)cc1. The maximum atomic E-state index is 13.4. The Labute approximate surface area is 222 Å². The average Bonchev–Trinajstić information content (AvgIpc) is 2.93. The first-order valence-electron chi connectivity index (χ1n) is 11.7. The molecule has 0 unspecified atom stereocenters. The van der Waals surface area contributed by atoms with Crippen molar-refractivity contribution in [2.75, 3.05) is 20.9 Å². The Kier molecular flexibility index (Phi) is 8.08. The first kappa shape index (κ1) is 26.8. The fourth-order valence-corrected chi connectivity index (χ4v) is 6.05. The number of carbonyl (C=O) groups excluding carboxylic acids is 1. The lowest BCUT2D eigenvalue weighted by molar-refractivity contribution is -0.114. The molecule has 1 amide bonds. The molecular weight excluding hydrogens is 524 g/mol. The minimum absolute atomic E-state index is 0.0227. The summed E-state index contributed by atoms with van der Waals surface area (Å²) < 4.78 is 55.6. The quantitative estimate of drug-likeness (QED) is 0.304. The molecule has 0 fully saturated rings. The molecule has 2 N–H and O–H groups in total. The number of sulfonamides is 2. The van der Waals surface area contributed by atoms with Gasteiger partial charge in [-0.15, -0.1) is 0 Å². The van der Waals surface area contributed by atoms with Gasteiger partial charge in [-0.05, 0) is 72.6 Å². The van der Waals surface area contributed by atoms with Crippen LogP contribution in [0.5, 0.6) is 0 Å². The number of nitrogens with zero attached hydrogens (tertiary/aromatic N) is 2. The van der Waals surface area contributed by atoms with Gasteiger partial charge in [0.2, 0.25) is 5.91 Å². The zero-order valence-corrected chi connectivity index (χ0v) is 22.1. The maximum absolute atomic E-state index is 13.4. The number of anilines is 3. The number of hydrogen-bond acceptors (Lipinski definition) is 6. The topological polar surface area (TPSA) is 126 Å². The van der Waals surface area contributed by atoms with Gasteiger partial charge >= 0.3 is 0 Å². The molecule has 4 aromatic rings. The fraction of sp³-hybridized carbons (Fsp3) is 0.111. The number of aromatic nitrogens is 1. The number of hydrogen-bond donors (Lipinski definition) is 2. The lowest BCUT2D eigenvalue weighted by atomic mass is 10.1. The molecular formula is C27H26N4O5S2. The van der Waals surface area contributed by atoms with E-state index in [4.69, 9.17) is 0 Å². The number of benzene rings is 3. The van der Waals surface area contributed by atoms with Gasteiger partial charge in [0, 0.05) is 11.9 Å². The van der Waals surface area contributed by atoms with E-state index in [1.807, 2.05) is 19.1 Å². The van der Waals surface area contributed by atoms with Crippen molar-refractivity contribution >= 4 is 43.1 Å². The molecule has 0 aliphatic carbocycles. The highest BCUT2D eigenvalue weighted by molar-refractivity contribution is 7.93. The third-order valence-electron chi connectivity index (χ3n) is 5.60. The minimum atomic E-state index is -4.04. The molecule has 0 radical (unpaired) electrons. The van der Waals surface area contributed by atoms with Crippen LogP contribution in [0.1, 0.15) is 12.5 Å².